The molecular weight excluding hydrogens is 269 g/mol. The fourth-order valence-corrected chi connectivity index (χ4v) is 2.08. The smallest absolute Gasteiger partial charge is 0.166 e. The largest absolute Gasteiger partial charge is 0.451 e. The Kier molecular flexibility index (Phi) is 4.96. The first-order chi connectivity index (χ1) is 10.0. The predicted octanol–water partition coefficient (Wildman–Crippen LogP) is 4.07. The molecule has 0 spiro atoms. The molecule has 1 atom stereocenters. The van der Waals surface area contributed by atoms with Gasteiger partial charge in [-0.05, 0) is 45.0 Å². The van der Waals surface area contributed by atoms with Crippen LogP contribution in [0.5, 0.6) is 11.5 Å². The summed E-state index contributed by atoms with van der Waals surface area (Å²) in [5.41, 5.74) is 0.902. The number of halogens is 1. The highest BCUT2D eigenvalue weighted by atomic mass is 19.1. The quantitative estimate of drug-likeness (QED) is 0.872. The van der Waals surface area contributed by atoms with Gasteiger partial charge in [-0.25, -0.2) is 4.39 Å². The molecule has 21 heavy (non-hydrogen) atoms. The number of aromatic nitrogens is 2. The van der Waals surface area contributed by atoms with Gasteiger partial charge in [0, 0.05) is 12.1 Å². The molecule has 1 N–H and O–H groups in total. The molecule has 0 bridgehead atoms. The Morgan fingerprint density at radius 1 is 1.33 bits per heavy atom. The summed E-state index contributed by atoms with van der Waals surface area (Å²) in [6.45, 7) is 8.92. The van der Waals surface area contributed by atoms with E-state index in [9.17, 15) is 4.39 Å². The van der Waals surface area contributed by atoms with E-state index in [1.807, 2.05) is 33.8 Å². The maximum Gasteiger partial charge on any atom is 0.166 e. The van der Waals surface area contributed by atoms with E-state index in [2.05, 4.69) is 10.4 Å². The first-order valence-corrected chi connectivity index (χ1v) is 7.26. The maximum atomic E-state index is 14.1. The van der Waals surface area contributed by atoms with E-state index in [-0.39, 0.29) is 23.7 Å². The fraction of sp³-hybridized carbons (Fsp3) is 0.438. The minimum Gasteiger partial charge on any atom is -0.451 e. The molecule has 0 aliphatic rings. The lowest BCUT2D eigenvalue weighted by atomic mass is 10.1. The van der Waals surface area contributed by atoms with E-state index in [1.165, 1.54) is 6.07 Å². The van der Waals surface area contributed by atoms with Gasteiger partial charge in [-0.15, -0.1) is 0 Å². The molecule has 5 heteroatoms. The molecule has 0 aliphatic heterocycles. The van der Waals surface area contributed by atoms with Crippen LogP contribution in [0.4, 0.5) is 4.39 Å². The highest BCUT2D eigenvalue weighted by Crippen LogP contribution is 2.27. The number of benzene rings is 1. The molecule has 0 aliphatic carbocycles. The van der Waals surface area contributed by atoms with E-state index >= 15 is 0 Å². The van der Waals surface area contributed by atoms with Gasteiger partial charge in [0.15, 0.2) is 17.3 Å². The van der Waals surface area contributed by atoms with Gasteiger partial charge >= 0.3 is 0 Å². The molecule has 0 fully saturated rings. The first kappa shape index (κ1) is 15.5. The number of hydrogen-bond donors (Lipinski definition) is 1. The minimum atomic E-state index is -0.366. The Balaban J connectivity index is 2.13. The Morgan fingerprint density at radius 3 is 2.67 bits per heavy atom. The van der Waals surface area contributed by atoms with Crippen LogP contribution >= 0.6 is 0 Å². The summed E-state index contributed by atoms with van der Waals surface area (Å²) in [5, 5.41) is 7.42. The Morgan fingerprint density at radius 2 is 2.10 bits per heavy atom. The van der Waals surface area contributed by atoms with Gasteiger partial charge in [-0.2, -0.15) is 5.10 Å². The standard InChI is InChI=1S/C16H22FN3O/c1-5-18-12(4)13-6-7-16(15(17)8-13)21-14-9-19-20(10-14)11(2)3/h6-12,18H,5H2,1-4H3. The van der Waals surface area contributed by atoms with E-state index in [1.54, 1.807) is 23.1 Å². The third kappa shape index (κ3) is 3.82. The molecule has 1 unspecified atom stereocenters. The number of nitrogens with one attached hydrogen (secondary N) is 1. The number of rotatable bonds is 6. The summed E-state index contributed by atoms with van der Waals surface area (Å²) in [6, 6.07) is 5.40. The van der Waals surface area contributed by atoms with Gasteiger partial charge in [0.05, 0.1) is 12.4 Å². The van der Waals surface area contributed by atoms with Gasteiger partial charge in [0.1, 0.15) is 0 Å². The molecule has 1 heterocycles. The Labute approximate surface area is 124 Å². The van der Waals surface area contributed by atoms with E-state index in [4.69, 9.17) is 4.74 Å². The summed E-state index contributed by atoms with van der Waals surface area (Å²) in [7, 11) is 0. The lowest BCUT2D eigenvalue weighted by molar-refractivity contribution is 0.438. The average molecular weight is 291 g/mol. The van der Waals surface area contributed by atoms with Crippen LogP contribution in [0.25, 0.3) is 0 Å². The normalized spacial score (nSPS) is 12.7. The zero-order valence-corrected chi connectivity index (χ0v) is 12.9. The van der Waals surface area contributed by atoms with Crippen LogP contribution in [0, 0.1) is 5.82 Å². The molecule has 0 saturated heterocycles. The molecule has 0 radical (unpaired) electrons. The van der Waals surface area contributed by atoms with Crippen LogP contribution in [0.2, 0.25) is 0 Å². The number of nitrogens with zero attached hydrogens (tertiary/aromatic N) is 2. The highest BCUT2D eigenvalue weighted by molar-refractivity contribution is 5.34. The zero-order valence-electron chi connectivity index (χ0n) is 12.9. The Bertz CT molecular complexity index is 595. The van der Waals surface area contributed by atoms with Crippen molar-refractivity contribution in [2.75, 3.05) is 6.54 Å². The van der Waals surface area contributed by atoms with Crippen molar-refractivity contribution in [1.82, 2.24) is 15.1 Å². The van der Waals surface area contributed by atoms with Crippen molar-refractivity contribution in [1.29, 1.82) is 0 Å². The monoisotopic (exact) mass is 291 g/mol. The topological polar surface area (TPSA) is 39.1 Å². The summed E-state index contributed by atoms with van der Waals surface area (Å²) >= 11 is 0. The van der Waals surface area contributed by atoms with Crippen molar-refractivity contribution in [3.8, 4) is 11.5 Å². The van der Waals surface area contributed by atoms with Crippen molar-refractivity contribution in [3.05, 3.63) is 42.0 Å². The lowest BCUT2D eigenvalue weighted by Crippen LogP contribution is -2.17. The summed E-state index contributed by atoms with van der Waals surface area (Å²) in [5.74, 6) is 0.385. The second-order valence-corrected chi connectivity index (χ2v) is 5.32. The van der Waals surface area contributed by atoms with Gasteiger partial charge in [-0.1, -0.05) is 13.0 Å². The van der Waals surface area contributed by atoms with E-state index < -0.39 is 0 Å². The number of hydrogen-bond acceptors (Lipinski definition) is 3. The van der Waals surface area contributed by atoms with Crippen molar-refractivity contribution in [2.24, 2.45) is 0 Å². The second kappa shape index (κ2) is 6.72. The van der Waals surface area contributed by atoms with Crippen LogP contribution in [-0.2, 0) is 0 Å². The van der Waals surface area contributed by atoms with Gasteiger partial charge in [0.2, 0.25) is 0 Å². The molecule has 2 aromatic rings. The zero-order chi connectivity index (χ0) is 15.4. The first-order valence-electron chi connectivity index (χ1n) is 7.26. The molecule has 0 amide bonds. The van der Waals surface area contributed by atoms with Gasteiger partial charge in [-0.3, -0.25) is 4.68 Å². The Hall–Kier alpha value is -1.88. The summed E-state index contributed by atoms with van der Waals surface area (Å²) in [4.78, 5) is 0. The molecule has 4 nitrogen and oxygen atoms in total. The predicted molar refractivity (Wildman–Crippen MR) is 81.2 cm³/mol. The molecule has 1 aromatic heterocycles. The third-order valence-corrected chi connectivity index (χ3v) is 3.30. The molecule has 2 rings (SSSR count). The molecular formula is C16H22FN3O. The third-order valence-electron chi connectivity index (χ3n) is 3.30. The van der Waals surface area contributed by atoms with Crippen LogP contribution < -0.4 is 10.1 Å². The SMILES string of the molecule is CCNC(C)c1ccc(Oc2cnn(C(C)C)c2)c(F)c1. The molecule has 114 valence electrons. The van der Waals surface area contributed by atoms with Crippen LogP contribution in [0.3, 0.4) is 0 Å². The average Bonchev–Trinajstić information content (AvgIpc) is 2.90. The van der Waals surface area contributed by atoms with Crippen molar-refractivity contribution < 1.29 is 9.13 Å². The van der Waals surface area contributed by atoms with Gasteiger partial charge < -0.3 is 10.1 Å². The van der Waals surface area contributed by atoms with Crippen molar-refractivity contribution in [2.45, 2.75) is 39.8 Å². The molecule has 1 aromatic carbocycles. The summed E-state index contributed by atoms with van der Waals surface area (Å²) in [6.07, 6.45) is 3.36. The van der Waals surface area contributed by atoms with Crippen LogP contribution in [0.15, 0.2) is 30.6 Å². The van der Waals surface area contributed by atoms with Crippen molar-refractivity contribution >= 4 is 0 Å². The van der Waals surface area contributed by atoms with Crippen LogP contribution in [0.1, 0.15) is 45.3 Å². The second-order valence-electron chi connectivity index (χ2n) is 5.32. The van der Waals surface area contributed by atoms with Crippen LogP contribution in [-0.4, -0.2) is 16.3 Å². The maximum absolute atomic E-state index is 14.1. The van der Waals surface area contributed by atoms with E-state index in [0.29, 0.717) is 5.75 Å². The lowest BCUT2D eigenvalue weighted by Gasteiger charge is -2.13. The van der Waals surface area contributed by atoms with E-state index in [0.717, 1.165) is 12.1 Å². The van der Waals surface area contributed by atoms with Gasteiger partial charge in [0.25, 0.3) is 0 Å². The fourth-order valence-electron chi connectivity index (χ4n) is 2.08. The summed E-state index contributed by atoms with van der Waals surface area (Å²) < 4.78 is 21.5. The minimum absolute atomic E-state index is 0.113. The van der Waals surface area contributed by atoms with Crippen molar-refractivity contribution in [3.63, 3.8) is 0 Å². The highest BCUT2D eigenvalue weighted by Gasteiger charge is 2.11. The molecule has 0 saturated carbocycles. The number of ether oxygens (including phenoxy) is 1.